The third-order valence-corrected chi connectivity index (χ3v) is 4.61. The molecule has 0 radical (unpaired) electrons. The minimum atomic E-state index is -0.762. The summed E-state index contributed by atoms with van der Waals surface area (Å²) in [7, 11) is 0. The van der Waals surface area contributed by atoms with Crippen LogP contribution in [-0.4, -0.2) is 5.91 Å². The van der Waals surface area contributed by atoms with E-state index in [4.69, 9.17) is 5.73 Å². The molecule has 21 heavy (non-hydrogen) atoms. The van der Waals surface area contributed by atoms with Gasteiger partial charge in [0.1, 0.15) is 5.82 Å². The molecule has 1 aromatic heterocycles. The number of thiophene rings is 1. The molecule has 0 aliphatic carbocycles. The molecule has 0 spiro atoms. The highest BCUT2D eigenvalue weighted by molar-refractivity contribution is 7.12. The van der Waals surface area contributed by atoms with E-state index in [9.17, 15) is 9.18 Å². The zero-order chi connectivity index (χ0) is 15.6. The topological polar surface area (TPSA) is 55.1 Å². The number of rotatable bonds is 4. The summed E-state index contributed by atoms with van der Waals surface area (Å²) < 4.78 is 13.4. The molecule has 0 aliphatic heterocycles. The number of benzene rings is 1. The third kappa shape index (κ3) is 3.82. The van der Waals surface area contributed by atoms with E-state index in [2.05, 4.69) is 38.2 Å². The van der Waals surface area contributed by atoms with E-state index in [1.54, 1.807) is 17.4 Å². The van der Waals surface area contributed by atoms with Gasteiger partial charge in [0.25, 0.3) is 5.91 Å². The molecule has 1 aromatic carbocycles. The van der Waals surface area contributed by atoms with Gasteiger partial charge in [-0.1, -0.05) is 20.8 Å². The molecular weight excluding hydrogens is 287 g/mol. The van der Waals surface area contributed by atoms with Crippen molar-refractivity contribution in [3.8, 4) is 0 Å². The number of hydrogen-bond donors (Lipinski definition) is 2. The monoisotopic (exact) mass is 306 g/mol. The minimum Gasteiger partial charge on any atom is -0.380 e. The van der Waals surface area contributed by atoms with E-state index < -0.39 is 11.7 Å². The third-order valence-electron chi connectivity index (χ3n) is 3.10. The molecule has 1 amide bonds. The minimum absolute atomic E-state index is 0.0958. The average molecular weight is 306 g/mol. The summed E-state index contributed by atoms with van der Waals surface area (Å²) in [6, 6.07) is 8.49. The Morgan fingerprint density at radius 1 is 1.29 bits per heavy atom. The molecule has 0 atom stereocenters. The van der Waals surface area contributed by atoms with Crippen molar-refractivity contribution in [1.82, 2.24) is 0 Å². The highest BCUT2D eigenvalue weighted by Crippen LogP contribution is 2.29. The summed E-state index contributed by atoms with van der Waals surface area (Å²) in [6.45, 7) is 7.16. The molecule has 0 aliphatic rings. The predicted octanol–water partition coefficient (Wildman–Crippen LogP) is 3.90. The van der Waals surface area contributed by atoms with Crippen LogP contribution in [0, 0.1) is 5.82 Å². The molecule has 0 saturated carbocycles. The van der Waals surface area contributed by atoms with Crippen molar-refractivity contribution in [3.63, 3.8) is 0 Å². The molecule has 3 N–H and O–H groups in total. The lowest BCUT2D eigenvalue weighted by atomic mass is 9.95. The van der Waals surface area contributed by atoms with E-state index in [1.165, 1.54) is 21.9 Å². The van der Waals surface area contributed by atoms with Crippen LogP contribution in [0.15, 0.2) is 30.3 Å². The number of primary amides is 1. The first-order valence-corrected chi connectivity index (χ1v) is 7.51. The maximum absolute atomic E-state index is 13.4. The molecule has 0 fully saturated rings. The van der Waals surface area contributed by atoms with Gasteiger partial charge in [0.15, 0.2) is 0 Å². The van der Waals surface area contributed by atoms with Gasteiger partial charge in [0.2, 0.25) is 0 Å². The Balaban J connectivity index is 2.08. The number of amides is 1. The zero-order valence-corrected chi connectivity index (χ0v) is 13.2. The van der Waals surface area contributed by atoms with Crippen molar-refractivity contribution in [2.45, 2.75) is 32.7 Å². The van der Waals surface area contributed by atoms with Crippen molar-refractivity contribution in [3.05, 3.63) is 51.5 Å². The number of carbonyl (C=O) groups excluding carboxylic acids is 1. The number of anilines is 1. The summed E-state index contributed by atoms with van der Waals surface area (Å²) in [6.07, 6.45) is 0. The van der Waals surface area contributed by atoms with Crippen LogP contribution in [0.25, 0.3) is 0 Å². The number of hydrogen-bond acceptors (Lipinski definition) is 3. The second-order valence-corrected chi connectivity index (χ2v) is 7.10. The van der Waals surface area contributed by atoms with Crippen molar-refractivity contribution in [1.29, 1.82) is 0 Å². The van der Waals surface area contributed by atoms with Crippen LogP contribution in [0.4, 0.5) is 10.1 Å². The summed E-state index contributed by atoms with van der Waals surface area (Å²) in [5, 5.41) is 3.18. The lowest BCUT2D eigenvalue weighted by Crippen LogP contribution is -2.13. The van der Waals surface area contributed by atoms with Crippen LogP contribution < -0.4 is 11.1 Å². The number of nitrogens with one attached hydrogen (secondary N) is 1. The van der Waals surface area contributed by atoms with Gasteiger partial charge in [0, 0.05) is 22.0 Å². The summed E-state index contributed by atoms with van der Waals surface area (Å²) in [4.78, 5) is 13.6. The molecule has 0 bridgehead atoms. The van der Waals surface area contributed by atoms with Crippen LogP contribution in [0.1, 0.15) is 40.9 Å². The Morgan fingerprint density at radius 3 is 2.57 bits per heavy atom. The second-order valence-electron chi connectivity index (χ2n) is 5.93. The van der Waals surface area contributed by atoms with Gasteiger partial charge in [-0.25, -0.2) is 4.39 Å². The van der Waals surface area contributed by atoms with Crippen molar-refractivity contribution in [2.24, 2.45) is 5.73 Å². The highest BCUT2D eigenvalue weighted by Gasteiger charge is 2.16. The molecule has 0 saturated heterocycles. The smallest absolute Gasteiger partial charge is 0.251 e. The fraction of sp³-hybridized carbons (Fsp3) is 0.312. The second kappa shape index (κ2) is 5.85. The number of nitrogens with two attached hydrogens (primary N) is 1. The van der Waals surface area contributed by atoms with Gasteiger partial charge in [-0.3, -0.25) is 4.79 Å². The first-order chi connectivity index (χ1) is 9.77. The number of halogens is 1. The van der Waals surface area contributed by atoms with Gasteiger partial charge in [-0.05, 0) is 35.7 Å². The summed E-state index contributed by atoms with van der Waals surface area (Å²) >= 11 is 1.74. The highest BCUT2D eigenvalue weighted by atomic mass is 32.1. The summed E-state index contributed by atoms with van der Waals surface area (Å²) in [5.74, 6) is -1.36. The average Bonchev–Trinajstić information content (AvgIpc) is 2.86. The number of carbonyl (C=O) groups is 1. The molecule has 5 heteroatoms. The van der Waals surface area contributed by atoms with Gasteiger partial charge in [-0.15, -0.1) is 11.3 Å². The van der Waals surface area contributed by atoms with E-state index in [-0.39, 0.29) is 11.0 Å². The van der Waals surface area contributed by atoms with Gasteiger partial charge in [-0.2, -0.15) is 0 Å². The Bertz CT molecular complexity index is 659. The first kappa shape index (κ1) is 15.5. The molecule has 3 nitrogen and oxygen atoms in total. The van der Waals surface area contributed by atoms with Gasteiger partial charge in [0.05, 0.1) is 5.56 Å². The van der Waals surface area contributed by atoms with E-state index in [0.29, 0.717) is 12.2 Å². The van der Waals surface area contributed by atoms with Crippen molar-refractivity contribution < 1.29 is 9.18 Å². The van der Waals surface area contributed by atoms with Crippen LogP contribution in [0.3, 0.4) is 0 Å². The lowest BCUT2D eigenvalue weighted by Gasteiger charge is -2.15. The van der Waals surface area contributed by atoms with Gasteiger partial charge >= 0.3 is 0 Å². The Hall–Kier alpha value is -1.88. The van der Waals surface area contributed by atoms with E-state index in [0.717, 1.165) is 0 Å². The maximum Gasteiger partial charge on any atom is 0.251 e. The SMILES string of the molecule is CC(C)(C)c1ccc(CNc2ccc(F)c(C(N)=O)c2)s1. The standard InChI is InChI=1S/C16H19FN2OS/c1-16(2,3)14-7-5-11(21-14)9-19-10-4-6-13(17)12(8-10)15(18)20/h4-8,19H,9H2,1-3H3,(H2,18,20). The zero-order valence-electron chi connectivity index (χ0n) is 12.4. The fourth-order valence-electron chi connectivity index (χ4n) is 1.89. The van der Waals surface area contributed by atoms with Crippen LogP contribution in [0.2, 0.25) is 0 Å². The largest absolute Gasteiger partial charge is 0.380 e. The lowest BCUT2D eigenvalue weighted by molar-refractivity contribution is 0.0996. The Labute approximate surface area is 128 Å². The van der Waals surface area contributed by atoms with Crippen molar-refractivity contribution >= 4 is 22.9 Å². The fourth-order valence-corrected chi connectivity index (χ4v) is 2.89. The van der Waals surface area contributed by atoms with Crippen LogP contribution in [-0.2, 0) is 12.0 Å². The molecule has 2 rings (SSSR count). The van der Waals surface area contributed by atoms with Crippen molar-refractivity contribution in [2.75, 3.05) is 5.32 Å². The predicted molar refractivity (Wildman–Crippen MR) is 85.3 cm³/mol. The van der Waals surface area contributed by atoms with Crippen LogP contribution in [0.5, 0.6) is 0 Å². The van der Waals surface area contributed by atoms with Gasteiger partial charge < -0.3 is 11.1 Å². The molecule has 1 heterocycles. The summed E-state index contributed by atoms with van der Waals surface area (Å²) in [5.41, 5.74) is 5.86. The Morgan fingerprint density at radius 2 is 2.00 bits per heavy atom. The normalized spacial score (nSPS) is 11.4. The molecule has 0 unspecified atom stereocenters. The molecule has 112 valence electrons. The van der Waals surface area contributed by atoms with Crippen LogP contribution >= 0.6 is 11.3 Å². The molecule has 2 aromatic rings. The van der Waals surface area contributed by atoms with E-state index in [1.807, 2.05) is 0 Å². The maximum atomic E-state index is 13.4. The molecular formula is C16H19FN2OS. The first-order valence-electron chi connectivity index (χ1n) is 6.70. The quantitative estimate of drug-likeness (QED) is 0.900. The Kier molecular flexibility index (Phi) is 4.32. The van der Waals surface area contributed by atoms with E-state index >= 15 is 0 Å².